The standard InChI is InChI=1S/C15H19N3O/c1-11-7-13(18(2)17-11)9-15(16)8-12-5-3-4-6-14(12)19-10-15/h3-7H,8-10,16H2,1-2H3. The molecule has 2 N–H and O–H groups in total. The molecule has 1 aromatic carbocycles. The molecule has 0 bridgehead atoms. The predicted octanol–water partition coefficient (Wildman–Crippen LogP) is 1.60. The molecule has 0 saturated heterocycles. The summed E-state index contributed by atoms with van der Waals surface area (Å²) in [6, 6.07) is 10.2. The highest BCUT2D eigenvalue weighted by atomic mass is 16.5. The number of aryl methyl sites for hydroxylation is 2. The number of ether oxygens (including phenoxy) is 1. The van der Waals surface area contributed by atoms with Crippen LogP contribution in [0.25, 0.3) is 0 Å². The average molecular weight is 257 g/mol. The minimum atomic E-state index is -0.353. The molecule has 1 aliphatic rings. The second kappa shape index (κ2) is 4.38. The largest absolute Gasteiger partial charge is 0.491 e. The average Bonchev–Trinajstić information content (AvgIpc) is 2.67. The van der Waals surface area contributed by atoms with E-state index in [9.17, 15) is 0 Å². The smallest absolute Gasteiger partial charge is 0.122 e. The molecule has 1 unspecified atom stereocenters. The van der Waals surface area contributed by atoms with Gasteiger partial charge in [0.15, 0.2) is 0 Å². The molecule has 2 aromatic rings. The Morgan fingerprint density at radius 2 is 2.21 bits per heavy atom. The minimum Gasteiger partial charge on any atom is -0.491 e. The molecule has 4 heteroatoms. The van der Waals surface area contributed by atoms with E-state index >= 15 is 0 Å². The van der Waals surface area contributed by atoms with Gasteiger partial charge in [-0.3, -0.25) is 4.68 Å². The monoisotopic (exact) mass is 257 g/mol. The first-order valence-corrected chi connectivity index (χ1v) is 6.55. The molecule has 0 aliphatic carbocycles. The third-order valence-electron chi connectivity index (χ3n) is 3.66. The number of aromatic nitrogens is 2. The molecule has 1 atom stereocenters. The molecule has 3 rings (SSSR count). The quantitative estimate of drug-likeness (QED) is 0.889. The van der Waals surface area contributed by atoms with E-state index in [1.807, 2.05) is 36.9 Å². The Hall–Kier alpha value is -1.81. The van der Waals surface area contributed by atoms with Crippen molar-refractivity contribution < 1.29 is 4.74 Å². The highest BCUT2D eigenvalue weighted by Gasteiger charge is 2.33. The van der Waals surface area contributed by atoms with Crippen molar-refractivity contribution in [3.05, 3.63) is 47.3 Å². The van der Waals surface area contributed by atoms with Gasteiger partial charge in [-0.25, -0.2) is 0 Å². The summed E-state index contributed by atoms with van der Waals surface area (Å²) in [6.07, 6.45) is 1.62. The highest BCUT2D eigenvalue weighted by Crippen LogP contribution is 2.29. The number of hydrogen-bond donors (Lipinski definition) is 1. The van der Waals surface area contributed by atoms with Crippen molar-refractivity contribution in [3.63, 3.8) is 0 Å². The summed E-state index contributed by atoms with van der Waals surface area (Å²) in [4.78, 5) is 0. The maximum atomic E-state index is 6.52. The van der Waals surface area contributed by atoms with Gasteiger partial charge in [0.2, 0.25) is 0 Å². The molecule has 0 saturated carbocycles. The topological polar surface area (TPSA) is 53.1 Å². The predicted molar refractivity (Wildman–Crippen MR) is 74.2 cm³/mol. The van der Waals surface area contributed by atoms with Crippen molar-refractivity contribution in [2.45, 2.75) is 25.3 Å². The van der Waals surface area contributed by atoms with Crippen LogP contribution in [0.2, 0.25) is 0 Å². The molecule has 0 fully saturated rings. The summed E-state index contributed by atoms with van der Waals surface area (Å²) >= 11 is 0. The van der Waals surface area contributed by atoms with Gasteiger partial charge < -0.3 is 10.5 Å². The van der Waals surface area contributed by atoms with Crippen LogP contribution in [-0.4, -0.2) is 21.9 Å². The third-order valence-corrected chi connectivity index (χ3v) is 3.66. The van der Waals surface area contributed by atoms with Gasteiger partial charge in [0.1, 0.15) is 12.4 Å². The lowest BCUT2D eigenvalue weighted by Crippen LogP contribution is -2.52. The number of nitrogens with zero attached hydrogens (tertiary/aromatic N) is 2. The first kappa shape index (κ1) is 12.2. The fourth-order valence-corrected chi connectivity index (χ4v) is 2.75. The first-order chi connectivity index (χ1) is 9.06. The van der Waals surface area contributed by atoms with Gasteiger partial charge in [0.05, 0.1) is 11.2 Å². The molecule has 0 spiro atoms. The zero-order valence-corrected chi connectivity index (χ0v) is 11.4. The molecular formula is C15H19N3O. The van der Waals surface area contributed by atoms with Gasteiger partial charge in [0.25, 0.3) is 0 Å². The van der Waals surface area contributed by atoms with Crippen LogP contribution in [0.15, 0.2) is 30.3 Å². The summed E-state index contributed by atoms with van der Waals surface area (Å²) < 4.78 is 7.71. The Labute approximate surface area is 113 Å². The van der Waals surface area contributed by atoms with Crippen LogP contribution in [0, 0.1) is 6.92 Å². The van der Waals surface area contributed by atoms with E-state index in [-0.39, 0.29) is 5.54 Å². The summed E-state index contributed by atoms with van der Waals surface area (Å²) in [5.41, 5.74) is 9.54. The SMILES string of the molecule is Cc1cc(CC2(N)COc3ccccc3C2)n(C)n1. The number of rotatable bonds is 2. The lowest BCUT2D eigenvalue weighted by molar-refractivity contribution is 0.188. The van der Waals surface area contributed by atoms with Crippen molar-refractivity contribution in [2.75, 3.05) is 6.61 Å². The maximum absolute atomic E-state index is 6.52. The van der Waals surface area contributed by atoms with E-state index in [1.165, 1.54) is 5.56 Å². The summed E-state index contributed by atoms with van der Waals surface area (Å²) in [5.74, 6) is 0.963. The van der Waals surface area contributed by atoms with Crippen LogP contribution in [-0.2, 0) is 19.9 Å². The Balaban J connectivity index is 1.84. The number of benzene rings is 1. The van der Waals surface area contributed by atoms with E-state index in [4.69, 9.17) is 10.5 Å². The summed E-state index contributed by atoms with van der Waals surface area (Å²) in [5, 5.41) is 4.37. The number of fused-ring (bicyclic) bond motifs is 1. The van der Waals surface area contributed by atoms with E-state index in [0.29, 0.717) is 6.61 Å². The molecule has 1 aliphatic heterocycles. The van der Waals surface area contributed by atoms with Gasteiger partial charge >= 0.3 is 0 Å². The van der Waals surface area contributed by atoms with Crippen LogP contribution < -0.4 is 10.5 Å². The van der Waals surface area contributed by atoms with Crippen molar-refractivity contribution in [2.24, 2.45) is 12.8 Å². The van der Waals surface area contributed by atoms with E-state index < -0.39 is 0 Å². The highest BCUT2D eigenvalue weighted by molar-refractivity contribution is 5.37. The molecule has 0 radical (unpaired) electrons. The second-order valence-corrected chi connectivity index (χ2v) is 5.51. The summed E-state index contributed by atoms with van der Waals surface area (Å²) in [6.45, 7) is 2.55. The zero-order chi connectivity index (χ0) is 13.5. The van der Waals surface area contributed by atoms with Crippen molar-refractivity contribution in [3.8, 4) is 5.75 Å². The first-order valence-electron chi connectivity index (χ1n) is 6.55. The van der Waals surface area contributed by atoms with Crippen molar-refractivity contribution in [1.82, 2.24) is 9.78 Å². The van der Waals surface area contributed by atoms with Gasteiger partial charge in [-0.2, -0.15) is 5.10 Å². The van der Waals surface area contributed by atoms with Crippen LogP contribution in [0.4, 0.5) is 0 Å². The molecule has 100 valence electrons. The fraction of sp³-hybridized carbons (Fsp3) is 0.400. The normalized spacial score (nSPS) is 21.8. The van der Waals surface area contributed by atoms with Crippen LogP contribution >= 0.6 is 0 Å². The van der Waals surface area contributed by atoms with Crippen molar-refractivity contribution in [1.29, 1.82) is 0 Å². The molecule has 0 amide bonds. The number of hydrogen-bond acceptors (Lipinski definition) is 3. The number of para-hydroxylation sites is 1. The Morgan fingerprint density at radius 3 is 2.95 bits per heavy atom. The van der Waals surface area contributed by atoms with Crippen LogP contribution in [0.3, 0.4) is 0 Å². The Kier molecular flexibility index (Phi) is 2.82. The van der Waals surface area contributed by atoms with Gasteiger partial charge in [-0.05, 0) is 31.0 Å². The van der Waals surface area contributed by atoms with Gasteiger partial charge in [0, 0.05) is 19.2 Å². The van der Waals surface area contributed by atoms with Crippen LogP contribution in [0.5, 0.6) is 5.75 Å². The molecule has 2 heterocycles. The maximum Gasteiger partial charge on any atom is 0.122 e. The molecule has 1 aromatic heterocycles. The minimum absolute atomic E-state index is 0.353. The molecular weight excluding hydrogens is 238 g/mol. The Morgan fingerprint density at radius 1 is 1.42 bits per heavy atom. The molecule has 4 nitrogen and oxygen atoms in total. The lowest BCUT2D eigenvalue weighted by Gasteiger charge is -2.34. The second-order valence-electron chi connectivity index (χ2n) is 5.51. The van der Waals surface area contributed by atoms with E-state index in [1.54, 1.807) is 0 Å². The Bertz CT molecular complexity index is 605. The van der Waals surface area contributed by atoms with Crippen LogP contribution in [0.1, 0.15) is 17.0 Å². The van der Waals surface area contributed by atoms with E-state index in [2.05, 4.69) is 17.2 Å². The summed E-state index contributed by atoms with van der Waals surface area (Å²) in [7, 11) is 1.96. The molecule has 19 heavy (non-hydrogen) atoms. The third kappa shape index (κ3) is 2.36. The number of nitrogens with two attached hydrogens (primary N) is 1. The van der Waals surface area contributed by atoms with Gasteiger partial charge in [-0.15, -0.1) is 0 Å². The van der Waals surface area contributed by atoms with Gasteiger partial charge in [-0.1, -0.05) is 18.2 Å². The lowest BCUT2D eigenvalue weighted by atomic mass is 9.86. The van der Waals surface area contributed by atoms with Crippen molar-refractivity contribution >= 4 is 0 Å². The fourth-order valence-electron chi connectivity index (χ4n) is 2.75. The zero-order valence-electron chi connectivity index (χ0n) is 11.4. The van der Waals surface area contributed by atoms with E-state index in [0.717, 1.165) is 30.0 Å².